The fraction of sp³-hybridized carbons (Fsp3) is 0.227. The van der Waals surface area contributed by atoms with Gasteiger partial charge in [0, 0.05) is 24.0 Å². The second-order valence-corrected chi connectivity index (χ2v) is 7.67. The minimum Gasteiger partial charge on any atom is -0.318 e. The molecule has 0 saturated carbocycles. The van der Waals surface area contributed by atoms with Gasteiger partial charge in [-0.2, -0.15) is 0 Å². The highest BCUT2D eigenvalue weighted by Gasteiger charge is 2.21. The van der Waals surface area contributed by atoms with Gasteiger partial charge in [-0.15, -0.1) is 16.8 Å². The first-order valence-electron chi connectivity index (χ1n) is 9.31. The van der Waals surface area contributed by atoms with Crippen LogP contribution in [0.5, 0.6) is 0 Å². The molecule has 3 rings (SSSR count). The van der Waals surface area contributed by atoms with E-state index in [1.54, 1.807) is 22.8 Å². The molecular weight excluding hydrogens is 387 g/mol. The van der Waals surface area contributed by atoms with Crippen LogP contribution in [-0.2, 0) is 12.3 Å². The molecule has 3 aromatic rings. The maximum Gasteiger partial charge on any atom is 0.298 e. The molecule has 0 aliphatic rings. The Labute approximate surface area is 173 Å². The van der Waals surface area contributed by atoms with Crippen molar-refractivity contribution in [2.24, 2.45) is 0 Å². The van der Waals surface area contributed by atoms with Crippen molar-refractivity contribution in [3.63, 3.8) is 0 Å². The Bertz CT molecular complexity index is 1020. The van der Waals surface area contributed by atoms with Crippen LogP contribution in [0.25, 0.3) is 0 Å². The van der Waals surface area contributed by atoms with Crippen LogP contribution in [0.15, 0.2) is 77.2 Å². The summed E-state index contributed by atoms with van der Waals surface area (Å²) in [5, 5.41) is 9.10. The first-order chi connectivity index (χ1) is 14.0. The van der Waals surface area contributed by atoms with Gasteiger partial charge < -0.3 is 4.90 Å². The molecule has 0 radical (unpaired) electrons. The first-order valence-corrected chi connectivity index (χ1v) is 10.3. The number of nitrogens with zero attached hydrogens (tertiary/aromatic N) is 4. The molecule has 0 atom stereocenters. The van der Waals surface area contributed by atoms with E-state index in [1.165, 1.54) is 23.9 Å². The summed E-state index contributed by atoms with van der Waals surface area (Å²) in [5.74, 6) is 0.553. The molecule has 0 spiro atoms. The highest BCUT2D eigenvalue weighted by molar-refractivity contribution is 7.98. The van der Waals surface area contributed by atoms with Gasteiger partial charge in [-0.1, -0.05) is 48.2 Å². The van der Waals surface area contributed by atoms with E-state index in [0.29, 0.717) is 17.5 Å². The zero-order valence-electron chi connectivity index (χ0n) is 16.5. The lowest BCUT2D eigenvalue weighted by Gasteiger charge is -2.27. The molecular formula is C22H23FN4OS. The zero-order chi connectivity index (χ0) is 20.8. The number of thioether (sulfide) groups is 1. The monoisotopic (exact) mass is 410 g/mol. The van der Waals surface area contributed by atoms with Gasteiger partial charge >= 0.3 is 0 Å². The summed E-state index contributed by atoms with van der Waals surface area (Å²) in [4.78, 5) is 15.1. The standard InChI is InChI=1S/C22H23FN4OS/c1-4-14-26-21(28)20(27(16(2)3)19-8-6-5-7-9-19)24-25-22(26)29-15-17-10-12-18(23)13-11-17/h4-13,16H,1,14-15H2,2-3H3. The van der Waals surface area contributed by atoms with Crippen LogP contribution in [0.2, 0.25) is 0 Å². The zero-order valence-corrected chi connectivity index (χ0v) is 17.3. The maximum atomic E-state index is 13.3. The second-order valence-electron chi connectivity index (χ2n) is 6.73. The number of para-hydroxylation sites is 1. The number of anilines is 2. The molecule has 0 N–H and O–H groups in total. The molecule has 0 aliphatic carbocycles. The minimum atomic E-state index is -0.277. The van der Waals surface area contributed by atoms with Gasteiger partial charge in [-0.05, 0) is 43.7 Å². The lowest BCUT2D eigenvalue weighted by atomic mass is 10.2. The summed E-state index contributed by atoms with van der Waals surface area (Å²) in [6.45, 7) is 8.10. The van der Waals surface area contributed by atoms with Gasteiger partial charge in [0.1, 0.15) is 5.82 Å². The summed E-state index contributed by atoms with van der Waals surface area (Å²) in [5.41, 5.74) is 1.60. The molecule has 0 saturated heterocycles. The summed E-state index contributed by atoms with van der Waals surface area (Å²) < 4.78 is 14.7. The fourth-order valence-corrected chi connectivity index (χ4v) is 3.82. The van der Waals surface area contributed by atoms with E-state index in [1.807, 2.05) is 49.1 Å². The van der Waals surface area contributed by atoms with Crippen molar-refractivity contribution < 1.29 is 4.39 Å². The number of allylic oxidation sites excluding steroid dienone is 1. The van der Waals surface area contributed by atoms with Crippen molar-refractivity contribution in [1.82, 2.24) is 14.8 Å². The normalized spacial score (nSPS) is 10.9. The number of aromatic nitrogens is 3. The average Bonchev–Trinajstić information content (AvgIpc) is 2.72. The largest absolute Gasteiger partial charge is 0.318 e. The predicted molar refractivity (Wildman–Crippen MR) is 116 cm³/mol. The summed E-state index contributed by atoms with van der Waals surface area (Å²) in [6.07, 6.45) is 1.66. The van der Waals surface area contributed by atoms with Crippen molar-refractivity contribution in [3.8, 4) is 0 Å². The SMILES string of the molecule is C=CCn1c(SCc2ccc(F)cc2)nnc(N(c2ccccc2)C(C)C)c1=O. The Balaban J connectivity index is 1.96. The summed E-state index contributed by atoms with van der Waals surface area (Å²) in [6, 6.07) is 16.0. The molecule has 0 amide bonds. The van der Waals surface area contributed by atoms with Crippen LogP contribution in [-0.4, -0.2) is 20.8 Å². The highest BCUT2D eigenvalue weighted by atomic mass is 32.2. The summed E-state index contributed by atoms with van der Waals surface area (Å²) in [7, 11) is 0. The second kappa shape index (κ2) is 9.52. The quantitative estimate of drug-likeness (QED) is 0.394. The molecule has 1 aromatic heterocycles. The topological polar surface area (TPSA) is 51.0 Å². The molecule has 29 heavy (non-hydrogen) atoms. The number of benzene rings is 2. The van der Waals surface area contributed by atoms with E-state index in [4.69, 9.17) is 0 Å². The van der Waals surface area contributed by atoms with Gasteiger partial charge in [0.25, 0.3) is 5.56 Å². The smallest absolute Gasteiger partial charge is 0.298 e. The molecule has 0 aliphatic heterocycles. The number of hydrogen-bond acceptors (Lipinski definition) is 5. The fourth-order valence-electron chi connectivity index (χ4n) is 2.92. The minimum absolute atomic E-state index is 0.0225. The Morgan fingerprint density at radius 3 is 2.45 bits per heavy atom. The van der Waals surface area contributed by atoms with Crippen molar-refractivity contribution >= 4 is 23.3 Å². The highest BCUT2D eigenvalue weighted by Crippen LogP contribution is 2.25. The number of halogens is 1. The third-order valence-corrected chi connectivity index (χ3v) is 5.31. The molecule has 2 aromatic carbocycles. The van der Waals surface area contributed by atoms with E-state index < -0.39 is 0 Å². The van der Waals surface area contributed by atoms with Crippen LogP contribution in [0, 0.1) is 5.82 Å². The number of hydrogen-bond donors (Lipinski definition) is 0. The van der Waals surface area contributed by atoms with E-state index in [0.717, 1.165) is 11.3 Å². The van der Waals surface area contributed by atoms with E-state index in [9.17, 15) is 9.18 Å². The Kier molecular flexibility index (Phi) is 6.82. The van der Waals surface area contributed by atoms with Gasteiger partial charge in [0.2, 0.25) is 5.82 Å². The van der Waals surface area contributed by atoms with Crippen molar-refractivity contribution in [2.45, 2.75) is 37.3 Å². The van der Waals surface area contributed by atoms with E-state index >= 15 is 0 Å². The van der Waals surface area contributed by atoms with Gasteiger partial charge in [0.15, 0.2) is 5.16 Å². The number of rotatable bonds is 8. The maximum absolute atomic E-state index is 13.3. The molecule has 0 bridgehead atoms. The Hall–Kier alpha value is -2.93. The predicted octanol–water partition coefficient (Wildman–Crippen LogP) is 4.80. The van der Waals surface area contributed by atoms with Gasteiger partial charge in [-0.3, -0.25) is 9.36 Å². The molecule has 5 nitrogen and oxygen atoms in total. The van der Waals surface area contributed by atoms with Crippen LogP contribution in [0.4, 0.5) is 15.9 Å². The Morgan fingerprint density at radius 1 is 1.14 bits per heavy atom. The van der Waals surface area contributed by atoms with Crippen LogP contribution in [0.1, 0.15) is 19.4 Å². The van der Waals surface area contributed by atoms with Crippen molar-refractivity contribution in [2.75, 3.05) is 4.90 Å². The third-order valence-electron chi connectivity index (χ3n) is 4.27. The first kappa shape index (κ1) is 20.8. The van der Waals surface area contributed by atoms with E-state index in [2.05, 4.69) is 16.8 Å². The van der Waals surface area contributed by atoms with Gasteiger partial charge in [-0.25, -0.2) is 4.39 Å². The van der Waals surface area contributed by atoms with Crippen molar-refractivity contribution in [3.05, 3.63) is 89.0 Å². The van der Waals surface area contributed by atoms with Crippen LogP contribution in [0.3, 0.4) is 0 Å². The molecule has 150 valence electrons. The summed E-state index contributed by atoms with van der Waals surface area (Å²) >= 11 is 1.39. The lowest BCUT2D eigenvalue weighted by Crippen LogP contribution is -2.36. The van der Waals surface area contributed by atoms with Crippen LogP contribution < -0.4 is 10.5 Å². The van der Waals surface area contributed by atoms with Crippen LogP contribution >= 0.6 is 11.8 Å². The van der Waals surface area contributed by atoms with E-state index in [-0.39, 0.29) is 23.2 Å². The Morgan fingerprint density at radius 2 is 1.83 bits per heavy atom. The van der Waals surface area contributed by atoms with Gasteiger partial charge in [0.05, 0.1) is 0 Å². The average molecular weight is 411 g/mol. The molecule has 0 fully saturated rings. The molecule has 1 heterocycles. The lowest BCUT2D eigenvalue weighted by molar-refractivity contribution is 0.610. The molecule has 0 unspecified atom stereocenters. The van der Waals surface area contributed by atoms with Crippen molar-refractivity contribution in [1.29, 1.82) is 0 Å². The molecule has 7 heteroatoms. The third kappa shape index (κ3) is 4.92.